The third kappa shape index (κ3) is 10.3. The molecular weight excluding hydrogens is 849 g/mol. The summed E-state index contributed by atoms with van der Waals surface area (Å²) in [5.74, 6) is -3.02. The van der Waals surface area contributed by atoms with Gasteiger partial charge in [0.2, 0.25) is 0 Å². The largest absolute Gasteiger partial charge is 0.479 e. The monoisotopic (exact) mass is 882 g/mol. The zero-order valence-electron chi connectivity index (χ0n) is 32.7. The highest BCUT2D eigenvalue weighted by Gasteiger charge is 2.20. The maximum absolute atomic E-state index is 14.7. The Hall–Kier alpha value is -7.18. The first-order valence-electron chi connectivity index (χ1n) is 17.6. The van der Waals surface area contributed by atoms with E-state index in [9.17, 15) is 37.5 Å². The molecule has 0 amide bonds. The van der Waals surface area contributed by atoms with E-state index in [4.69, 9.17) is 47.3 Å². The molecule has 0 unspecified atom stereocenters. The van der Waals surface area contributed by atoms with Gasteiger partial charge in [-0.3, -0.25) is 9.59 Å². The molecule has 6 aromatic rings. The van der Waals surface area contributed by atoms with Crippen LogP contribution in [0.5, 0.6) is 34.5 Å². The highest BCUT2D eigenvalue weighted by Crippen LogP contribution is 2.38. The molecule has 0 fully saturated rings. The maximum Gasteiger partial charge on any atom is 0.343 e. The summed E-state index contributed by atoms with van der Waals surface area (Å²) in [5, 5.41) is 8.57. The lowest BCUT2D eigenvalue weighted by molar-refractivity contribution is -0.143. The van der Waals surface area contributed by atoms with Crippen molar-refractivity contribution in [1.82, 2.24) is 18.3 Å². The molecule has 20 heteroatoms. The van der Waals surface area contributed by atoms with Gasteiger partial charge in [0.1, 0.15) is 23.1 Å². The Balaban J connectivity index is 0.000000231. The average Bonchev–Trinajstić information content (AvgIpc) is 3.21. The third-order valence-corrected chi connectivity index (χ3v) is 9.26. The van der Waals surface area contributed by atoms with Gasteiger partial charge in [-0.25, -0.2) is 37.1 Å². The number of carbonyl (C=O) groups is 2. The molecule has 0 atom stereocenters. The molecule has 6 rings (SSSR count). The van der Waals surface area contributed by atoms with Crippen LogP contribution in [0.3, 0.4) is 0 Å². The summed E-state index contributed by atoms with van der Waals surface area (Å²) in [7, 11) is 4.15. The maximum atomic E-state index is 14.7. The van der Waals surface area contributed by atoms with E-state index in [0.29, 0.717) is 20.5 Å². The quantitative estimate of drug-likeness (QED) is 0.144. The van der Waals surface area contributed by atoms with Crippen molar-refractivity contribution < 1.29 is 47.2 Å². The molecule has 61 heavy (non-hydrogen) atoms. The fourth-order valence-electron chi connectivity index (χ4n) is 5.33. The lowest BCUT2D eigenvalue weighted by Gasteiger charge is -2.15. The van der Waals surface area contributed by atoms with Crippen LogP contribution < -0.4 is 41.4 Å². The lowest BCUT2D eigenvalue weighted by Crippen LogP contribution is -2.38. The molecule has 4 aromatic carbocycles. The molecule has 0 aliphatic carbocycles. The number of halogens is 4. The van der Waals surface area contributed by atoms with Gasteiger partial charge in [0.05, 0.1) is 28.5 Å². The number of benzene rings is 4. The second-order valence-electron chi connectivity index (χ2n) is 12.7. The van der Waals surface area contributed by atoms with Crippen LogP contribution in [0.1, 0.15) is 11.4 Å². The molecule has 0 bridgehead atoms. The van der Waals surface area contributed by atoms with Gasteiger partial charge < -0.3 is 37.9 Å². The van der Waals surface area contributed by atoms with Gasteiger partial charge in [0.25, 0.3) is 11.1 Å². The fraction of sp³-hybridized carbons (Fsp3) is 0.171. The van der Waals surface area contributed by atoms with Crippen LogP contribution in [0.2, 0.25) is 10.0 Å². The summed E-state index contributed by atoms with van der Waals surface area (Å²) in [6.07, 6.45) is 0. The number of para-hydroxylation sites is 4. The predicted molar refractivity (Wildman–Crippen MR) is 218 cm³/mol. The van der Waals surface area contributed by atoms with Crippen molar-refractivity contribution in [3.8, 4) is 45.9 Å². The molecule has 2 aromatic heterocycles. The van der Waals surface area contributed by atoms with Crippen LogP contribution >= 0.6 is 23.2 Å². The first-order chi connectivity index (χ1) is 28.9. The van der Waals surface area contributed by atoms with Crippen LogP contribution in [-0.2, 0) is 28.4 Å². The molecule has 1 N–H and O–H groups in total. The standard InChI is InChI=1S/C21H18ClFN2O6.C20H16ClFN2O6/c1-12-8-19(26)25(21(28)24(12)2)15-10-18(13(22)9-14(15)23)31-17-7-5-4-6-16(17)30-11-20(27)29-3;1-11-7-18(25)24(20(28)23(11)2)14-9-17(12(21)8-13(14)22)30-16-6-4-3-5-15(16)29-10-19(26)27/h4-10H,11H2,1-3H3;3-9H,10H2,1-2H3,(H,26,27). The molecule has 2 heterocycles. The first-order valence-corrected chi connectivity index (χ1v) is 18.3. The zero-order valence-corrected chi connectivity index (χ0v) is 34.2. The van der Waals surface area contributed by atoms with Crippen molar-refractivity contribution in [2.45, 2.75) is 13.8 Å². The van der Waals surface area contributed by atoms with E-state index in [0.717, 1.165) is 24.3 Å². The molecule has 0 saturated carbocycles. The number of aromatic nitrogens is 4. The minimum atomic E-state index is -1.18. The fourth-order valence-corrected chi connectivity index (χ4v) is 5.71. The molecule has 16 nitrogen and oxygen atoms in total. The van der Waals surface area contributed by atoms with Crippen molar-refractivity contribution in [2.24, 2.45) is 14.1 Å². The molecule has 0 aliphatic heterocycles. The second-order valence-corrected chi connectivity index (χ2v) is 13.5. The van der Waals surface area contributed by atoms with Crippen LogP contribution in [0.4, 0.5) is 8.78 Å². The zero-order chi connectivity index (χ0) is 44.7. The Labute approximate surface area is 353 Å². The number of aliphatic carboxylic acids is 1. The highest BCUT2D eigenvalue weighted by atomic mass is 35.5. The Morgan fingerprint density at radius 3 is 1.36 bits per heavy atom. The Morgan fingerprint density at radius 1 is 0.607 bits per heavy atom. The summed E-state index contributed by atoms with van der Waals surface area (Å²) >= 11 is 12.2. The molecule has 0 radical (unpaired) electrons. The van der Waals surface area contributed by atoms with Gasteiger partial charge in [-0.1, -0.05) is 47.5 Å². The van der Waals surface area contributed by atoms with Crippen molar-refractivity contribution in [3.05, 3.63) is 160 Å². The molecule has 318 valence electrons. The smallest absolute Gasteiger partial charge is 0.343 e. The van der Waals surface area contributed by atoms with Crippen LogP contribution in [-0.4, -0.2) is 55.6 Å². The Kier molecular flexibility index (Phi) is 14.2. The number of methoxy groups -OCH3 is 1. The van der Waals surface area contributed by atoms with Gasteiger partial charge >= 0.3 is 23.3 Å². The minimum absolute atomic E-state index is 0.0262. The summed E-state index contributed by atoms with van der Waals surface area (Å²) in [4.78, 5) is 72.0. The van der Waals surface area contributed by atoms with Gasteiger partial charge in [0.15, 0.2) is 36.2 Å². The molecule has 0 saturated heterocycles. The lowest BCUT2D eigenvalue weighted by atomic mass is 10.2. The number of ether oxygens (including phenoxy) is 5. The Bertz CT molecular complexity index is 2910. The SMILES string of the molecule is COC(=O)COc1ccccc1Oc1cc(-n2c(=O)cc(C)n(C)c2=O)c(F)cc1Cl.Cc1cc(=O)n(-c2cc(Oc3ccccc3OCC(=O)O)c(Cl)cc2F)c(=O)n1C. The van der Waals surface area contributed by atoms with Crippen molar-refractivity contribution in [2.75, 3.05) is 20.3 Å². The number of nitrogens with zero attached hydrogens (tertiary/aromatic N) is 4. The number of hydrogen-bond acceptors (Lipinski definition) is 11. The summed E-state index contributed by atoms with van der Waals surface area (Å²) in [6, 6.07) is 19.1. The number of rotatable bonds is 12. The van der Waals surface area contributed by atoms with E-state index < -0.39 is 52.7 Å². The number of esters is 1. The van der Waals surface area contributed by atoms with E-state index in [1.807, 2.05) is 0 Å². The van der Waals surface area contributed by atoms with E-state index in [1.54, 1.807) is 50.2 Å². The van der Waals surface area contributed by atoms with E-state index in [2.05, 4.69) is 4.74 Å². The van der Waals surface area contributed by atoms with Gasteiger partial charge in [-0.15, -0.1) is 0 Å². The van der Waals surface area contributed by atoms with Crippen LogP contribution in [0.15, 0.2) is 104 Å². The van der Waals surface area contributed by atoms with Gasteiger partial charge in [-0.2, -0.15) is 0 Å². The van der Waals surface area contributed by atoms with Crippen LogP contribution in [0, 0.1) is 25.5 Å². The third-order valence-electron chi connectivity index (χ3n) is 8.67. The number of aryl methyl sites for hydroxylation is 2. The highest BCUT2D eigenvalue weighted by molar-refractivity contribution is 6.32. The molecular formula is C41H34Cl2F2N4O12. The van der Waals surface area contributed by atoms with Crippen molar-refractivity contribution in [3.63, 3.8) is 0 Å². The van der Waals surface area contributed by atoms with E-state index in [1.165, 1.54) is 54.6 Å². The number of carboxylic acids is 1. The average molecular weight is 884 g/mol. The molecule has 0 aliphatic rings. The van der Waals surface area contributed by atoms with Crippen molar-refractivity contribution in [1.29, 1.82) is 0 Å². The van der Waals surface area contributed by atoms with E-state index >= 15 is 0 Å². The number of carboxylic acid groups (broad SMARTS) is 1. The summed E-state index contributed by atoms with van der Waals surface area (Å²) in [5.41, 5.74) is -2.70. The summed E-state index contributed by atoms with van der Waals surface area (Å²) in [6.45, 7) is 2.21. The second kappa shape index (κ2) is 19.3. The van der Waals surface area contributed by atoms with Gasteiger partial charge in [0, 0.05) is 49.7 Å². The number of carbonyl (C=O) groups excluding carboxylic acids is 1. The normalized spacial score (nSPS) is 10.6. The summed E-state index contributed by atoms with van der Waals surface area (Å²) < 4.78 is 59.5. The topological polar surface area (TPSA) is 189 Å². The number of hydrogen-bond donors (Lipinski definition) is 1. The van der Waals surface area contributed by atoms with E-state index in [-0.39, 0.29) is 62.5 Å². The molecule has 0 spiro atoms. The van der Waals surface area contributed by atoms with Gasteiger partial charge in [-0.05, 0) is 50.2 Å². The first kappa shape index (κ1) is 44.9. The minimum Gasteiger partial charge on any atom is -0.479 e. The van der Waals surface area contributed by atoms with Crippen molar-refractivity contribution >= 4 is 35.1 Å². The predicted octanol–water partition coefficient (Wildman–Crippen LogP) is 5.87. The van der Waals surface area contributed by atoms with Crippen LogP contribution in [0.25, 0.3) is 11.4 Å². The Morgan fingerprint density at radius 2 is 0.984 bits per heavy atom.